The minimum atomic E-state index is -3.61. The van der Waals surface area contributed by atoms with Crippen molar-refractivity contribution < 1.29 is 13.2 Å². The van der Waals surface area contributed by atoms with Gasteiger partial charge < -0.3 is 4.90 Å². The van der Waals surface area contributed by atoms with E-state index in [2.05, 4.69) is 12.0 Å². The van der Waals surface area contributed by atoms with E-state index in [4.69, 9.17) is 0 Å². The summed E-state index contributed by atoms with van der Waals surface area (Å²) in [6.45, 7) is 12.2. The molecule has 154 valence electrons. The number of sulfonamides is 1. The van der Waals surface area contributed by atoms with Crippen LogP contribution in [0.2, 0.25) is 0 Å². The molecule has 1 aliphatic rings. The maximum Gasteiger partial charge on any atom is 0.246 e. The molecule has 0 N–H and O–H groups in total. The normalized spacial score (nSPS) is 16.3. The quantitative estimate of drug-likeness (QED) is 0.674. The Kier molecular flexibility index (Phi) is 7.45. The van der Waals surface area contributed by atoms with E-state index in [1.165, 1.54) is 4.31 Å². The third kappa shape index (κ3) is 4.90. The highest BCUT2D eigenvalue weighted by Crippen LogP contribution is 2.24. The number of amides is 1. The van der Waals surface area contributed by atoms with E-state index in [0.29, 0.717) is 30.4 Å². The van der Waals surface area contributed by atoms with Gasteiger partial charge in [-0.15, -0.1) is 0 Å². The number of carbonyl (C=O) groups excluding carboxylic acids is 1. The molecule has 0 unspecified atom stereocenters. The van der Waals surface area contributed by atoms with Crippen LogP contribution < -0.4 is 0 Å². The summed E-state index contributed by atoms with van der Waals surface area (Å²) in [4.78, 5) is 14.8. The van der Waals surface area contributed by atoms with E-state index in [1.807, 2.05) is 18.7 Å². The van der Waals surface area contributed by atoms with Gasteiger partial charge in [-0.3, -0.25) is 9.48 Å². The number of rotatable bonds is 8. The first kappa shape index (κ1) is 21.9. The monoisotopic (exact) mass is 398 g/mol. The van der Waals surface area contributed by atoms with Gasteiger partial charge in [-0.25, -0.2) is 8.42 Å². The summed E-state index contributed by atoms with van der Waals surface area (Å²) >= 11 is 0. The average molecular weight is 399 g/mol. The zero-order valence-electron chi connectivity index (χ0n) is 17.4. The molecule has 1 aromatic heterocycles. The van der Waals surface area contributed by atoms with E-state index < -0.39 is 10.0 Å². The molecule has 2 rings (SSSR count). The van der Waals surface area contributed by atoms with Gasteiger partial charge in [0.25, 0.3) is 0 Å². The second-order valence-electron chi connectivity index (χ2n) is 7.62. The van der Waals surface area contributed by atoms with Gasteiger partial charge in [-0.05, 0) is 45.4 Å². The van der Waals surface area contributed by atoms with Crippen LogP contribution >= 0.6 is 0 Å². The number of likely N-dealkylation sites (tertiary alicyclic amines) is 1. The van der Waals surface area contributed by atoms with Crippen molar-refractivity contribution in [3.63, 3.8) is 0 Å². The zero-order valence-corrected chi connectivity index (χ0v) is 18.2. The number of aryl methyl sites for hydroxylation is 1. The summed E-state index contributed by atoms with van der Waals surface area (Å²) in [6, 6.07) is 0. The van der Waals surface area contributed by atoms with Crippen molar-refractivity contribution >= 4 is 15.9 Å². The van der Waals surface area contributed by atoms with Crippen LogP contribution in [-0.4, -0.2) is 59.5 Å². The molecular weight excluding hydrogens is 364 g/mol. The maximum atomic E-state index is 13.2. The summed E-state index contributed by atoms with van der Waals surface area (Å²) in [6.07, 6.45) is 3.56. The standard InChI is InChI=1S/C19H34N4O3S/c1-6-10-22(11-7-2)27(25,26)19-16(4)20-23(17(19)5)14-18(24)21-12-8-15(3)9-13-21/h15H,6-14H2,1-5H3. The predicted molar refractivity (Wildman–Crippen MR) is 106 cm³/mol. The third-order valence-electron chi connectivity index (χ3n) is 5.28. The minimum Gasteiger partial charge on any atom is -0.341 e. The highest BCUT2D eigenvalue weighted by molar-refractivity contribution is 7.89. The third-order valence-corrected chi connectivity index (χ3v) is 7.43. The maximum absolute atomic E-state index is 13.2. The summed E-state index contributed by atoms with van der Waals surface area (Å²) in [7, 11) is -3.61. The van der Waals surface area contributed by atoms with Crippen molar-refractivity contribution in [3.05, 3.63) is 11.4 Å². The van der Waals surface area contributed by atoms with Gasteiger partial charge in [-0.1, -0.05) is 20.8 Å². The van der Waals surface area contributed by atoms with Gasteiger partial charge in [0.15, 0.2) is 0 Å². The molecule has 0 bridgehead atoms. The van der Waals surface area contributed by atoms with Gasteiger partial charge in [-0.2, -0.15) is 9.40 Å². The van der Waals surface area contributed by atoms with Gasteiger partial charge in [0, 0.05) is 26.2 Å². The first-order valence-corrected chi connectivity index (χ1v) is 11.5. The van der Waals surface area contributed by atoms with Gasteiger partial charge >= 0.3 is 0 Å². The molecule has 1 fully saturated rings. The second kappa shape index (κ2) is 9.19. The van der Waals surface area contributed by atoms with Crippen LogP contribution in [0, 0.1) is 19.8 Å². The van der Waals surface area contributed by atoms with Crippen LogP contribution in [0.15, 0.2) is 4.90 Å². The number of carbonyl (C=O) groups is 1. The summed E-state index contributed by atoms with van der Waals surface area (Å²) < 4.78 is 29.4. The zero-order chi connectivity index (χ0) is 20.2. The number of aromatic nitrogens is 2. The van der Waals surface area contributed by atoms with Gasteiger partial charge in [0.05, 0.1) is 11.4 Å². The molecule has 7 nitrogen and oxygen atoms in total. The average Bonchev–Trinajstić information content (AvgIpc) is 2.89. The van der Waals surface area contributed by atoms with Crippen molar-refractivity contribution in [1.29, 1.82) is 0 Å². The molecule has 1 saturated heterocycles. The molecule has 8 heteroatoms. The van der Waals surface area contributed by atoms with E-state index in [-0.39, 0.29) is 17.3 Å². The van der Waals surface area contributed by atoms with Crippen LogP contribution in [0.3, 0.4) is 0 Å². The highest BCUT2D eigenvalue weighted by Gasteiger charge is 2.31. The Morgan fingerprint density at radius 3 is 2.22 bits per heavy atom. The molecule has 0 atom stereocenters. The van der Waals surface area contributed by atoms with Crippen molar-refractivity contribution in [1.82, 2.24) is 19.0 Å². The lowest BCUT2D eigenvalue weighted by molar-refractivity contribution is -0.133. The SMILES string of the molecule is CCCN(CCC)S(=O)(=O)c1c(C)nn(CC(=O)N2CCC(C)CC2)c1C. The number of hydrogen-bond acceptors (Lipinski definition) is 4. The number of nitrogens with zero attached hydrogens (tertiary/aromatic N) is 4. The Balaban J connectivity index is 2.24. The van der Waals surface area contributed by atoms with Gasteiger partial charge in [0.2, 0.25) is 15.9 Å². The number of hydrogen-bond donors (Lipinski definition) is 0. The van der Waals surface area contributed by atoms with E-state index in [9.17, 15) is 13.2 Å². The van der Waals surface area contributed by atoms with Crippen LogP contribution in [0.4, 0.5) is 0 Å². The largest absolute Gasteiger partial charge is 0.341 e. The van der Waals surface area contributed by atoms with Crippen LogP contribution in [0.5, 0.6) is 0 Å². The molecule has 0 spiro atoms. The lowest BCUT2D eigenvalue weighted by atomic mass is 9.99. The van der Waals surface area contributed by atoms with Crippen LogP contribution in [0.25, 0.3) is 0 Å². The molecule has 0 radical (unpaired) electrons. The Labute approximate surface area is 163 Å². The van der Waals surface area contributed by atoms with E-state index >= 15 is 0 Å². The topological polar surface area (TPSA) is 75.5 Å². The first-order chi connectivity index (χ1) is 12.7. The Morgan fingerprint density at radius 1 is 1.15 bits per heavy atom. The first-order valence-electron chi connectivity index (χ1n) is 10.0. The van der Waals surface area contributed by atoms with Crippen molar-refractivity contribution in [2.45, 2.75) is 71.7 Å². The fraction of sp³-hybridized carbons (Fsp3) is 0.789. The van der Waals surface area contributed by atoms with Crippen molar-refractivity contribution in [2.24, 2.45) is 5.92 Å². The smallest absolute Gasteiger partial charge is 0.246 e. The lowest BCUT2D eigenvalue weighted by Gasteiger charge is -2.30. The van der Waals surface area contributed by atoms with Crippen LogP contribution in [-0.2, 0) is 21.4 Å². The molecule has 2 heterocycles. The molecule has 1 aromatic rings. The predicted octanol–water partition coefficient (Wildman–Crippen LogP) is 2.57. The molecule has 0 saturated carbocycles. The fourth-order valence-electron chi connectivity index (χ4n) is 3.67. The summed E-state index contributed by atoms with van der Waals surface area (Å²) in [5.41, 5.74) is 1.01. The van der Waals surface area contributed by atoms with Crippen LogP contribution in [0.1, 0.15) is 57.8 Å². The lowest BCUT2D eigenvalue weighted by Crippen LogP contribution is -2.40. The van der Waals surface area contributed by atoms with E-state index in [0.717, 1.165) is 38.8 Å². The highest BCUT2D eigenvalue weighted by atomic mass is 32.2. The summed E-state index contributed by atoms with van der Waals surface area (Å²) in [5, 5.41) is 4.39. The molecule has 1 amide bonds. The molecule has 0 aliphatic carbocycles. The minimum absolute atomic E-state index is 0.00965. The Hall–Kier alpha value is -1.41. The van der Waals surface area contributed by atoms with E-state index in [1.54, 1.807) is 18.5 Å². The molecular formula is C19H34N4O3S. The fourth-order valence-corrected chi connectivity index (χ4v) is 5.67. The molecule has 1 aliphatic heterocycles. The van der Waals surface area contributed by atoms with Crippen molar-refractivity contribution in [3.8, 4) is 0 Å². The Morgan fingerprint density at radius 2 is 1.70 bits per heavy atom. The Bertz CT molecular complexity index is 743. The van der Waals surface area contributed by atoms with Gasteiger partial charge in [0.1, 0.15) is 11.4 Å². The van der Waals surface area contributed by atoms with Crippen molar-refractivity contribution in [2.75, 3.05) is 26.2 Å². The molecule has 27 heavy (non-hydrogen) atoms. The molecule has 0 aromatic carbocycles. The number of piperidine rings is 1. The summed E-state index contributed by atoms with van der Waals surface area (Å²) in [5.74, 6) is 0.665. The second-order valence-corrected chi connectivity index (χ2v) is 9.50.